The molecule has 2 rings (SSSR count). The molecule has 0 amide bonds. The second kappa shape index (κ2) is 5.50. The maximum atomic E-state index is 10.8. The van der Waals surface area contributed by atoms with Gasteiger partial charge in [0.2, 0.25) is 0 Å². The number of carboxylic acids is 1. The number of carbonyl (C=O) groups is 1. The first-order valence-corrected chi connectivity index (χ1v) is 6.05. The lowest BCUT2D eigenvalue weighted by Gasteiger charge is -2.09. The normalized spacial score (nSPS) is 9.68. The lowest BCUT2D eigenvalue weighted by molar-refractivity contribution is 0.0690. The molecule has 0 saturated carbocycles. The second-order valence-electron chi connectivity index (χ2n) is 3.67. The molecule has 0 aliphatic carbocycles. The van der Waals surface area contributed by atoms with Crippen LogP contribution in [0.5, 0.6) is 0 Å². The van der Waals surface area contributed by atoms with E-state index in [2.05, 4.69) is 26.2 Å². The van der Waals surface area contributed by atoms with E-state index in [1.165, 1.54) is 12.3 Å². The first-order valence-electron chi connectivity index (χ1n) is 5.26. The zero-order chi connectivity index (χ0) is 13.8. The van der Waals surface area contributed by atoms with Crippen LogP contribution >= 0.6 is 15.9 Å². The molecular weight excluding hydrogens is 310 g/mol. The Morgan fingerprint density at radius 1 is 1.37 bits per heavy atom. The minimum absolute atomic E-state index is 0.0326. The Morgan fingerprint density at radius 2 is 2.16 bits per heavy atom. The van der Waals surface area contributed by atoms with Crippen LogP contribution in [0.1, 0.15) is 16.1 Å². The molecule has 0 unspecified atom stereocenters. The van der Waals surface area contributed by atoms with Gasteiger partial charge in [0.05, 0.1) is 17.3 Å². The van der Waals surface area contributed by atoms with Gasteiger partial charge in [-0.15, -0.1) is 0 Å². The number of aromatic nitrogens is 1. The highest BCUT2D eigenvalue weighted by Crippen LogP contribution is 2.26. The van der Waals surface area contributed by atoms with Crippen molar-refractivity contribution in [2.24, 2.45) is 0 Å². The predicted octanol–water partition coefficient (Wildman–Crippen LogP) is 3.16. The number of carboxylic acid groups (broad SMARTS) is 1. The zero-order valence-electron chi connectivity index (χ0n) is 9.59. The topological polar surface area (TPSA) is 86.0 Å². The summed E-state index contributed by atoms with van der Waals surface area (Å²) in [4.78, 5) is 14.6. The molecule has 2 aromatic rings. The molecule has 6 heteroatoms. The van der Waals surface area contributed by atoms with E-state index in [1.54, 1.807) is 24.3 Å². The number of anilines is 2. The Bertz CT molecular complexity index is 680. The van der Waals surface area contributed by atoms with Gasteiger partial charge in [-0.1, -0.05) is 0 Å². The third kappa shape index (κ3) is 3.09. The number of aromatic carboxylic acids is 1. The SMILES string of the molecule is N#Cc1ccc(Nc2ccnc(C(=O)O)c2)c(Br)c1. The van der Waals surface area contributed by atoms with Gasteiger partial charge in [-0.2, -0.15) is 5.26 Å². The molecule has 0 fully saturated rings. The molecule has 0 bridgehead atoms. The summed E-state index contributed by atoms with van der Waals surface area (Å²) in [7, 11) is 0. The number of nitrogens with zero attached hydrogens (tertiary/aromatic N) is 2. The molecule has 1 aromatic heterocycles. The largest absolute Gasteiger partial charge is 0.477 e. The van der Waals surface area contributed by atoms with Gasteiger partial charge >= 0.3 is 5.97 Å². The standard InChI is InChI=1S/C13H8BrN3O2/c14-10-5-8(7-15)1-2-11(10)17-9-3-4-16-12(6-9)13(18)19/h1-6H,(H,16,17)(H,18,19). The van der Waals surface area contributed by atoms with Gasteiger partial charge in [-0.25, -0.2) is 9.78 Å². The third-order valence-corrected chi connectivity index (χ3v) is 3.01. The van der Waals surface area contributed by atoms with Crippen LogP contribution in [0.4, 0.5) is 11.4 Å². The molecule has 19 heavy (non-hydrogen) atoms. The fourth-order valence-corrected chi connectivity index (χ4v) is 1.94. The van der Waals surface area contributed by atoms with Crippen molar-refractivity contribution in [1.29, 1.82) is 5.26 Å². The van der Waals surface area contributed by atoms with Gasteiger partial charge in [0, 0.05) is 16.4 Å². The van der Waals surface area contributed by atoms with Crippen molar-refractivity contribution in [2.45, 2.75) is 0 Å². The predicted molar refractivity (Wildman–Crippen MR) is 73.3 cm³/mol. The number of hydrogen-bond donors (Lipinski definition) is 2. The number of pyridine rings is 1. The highest BCUT2D eigenvalue weighted by atomic mass is 79.9. The molecule has 0 radical (unpaired) electrons. The van der Waals surface area contributed by atoms with Crippen molar-refractivity contribution in [3.05, 3.63) is 52.3 Å². The van der Waals surface area contributed by atoms with E-state index in [-0.39, 0.29) is 5.69 Å². The first-order chi connectivity index (χ1) is 9.10. The molecule has 1 aromatic carbocycles. The minimum atomic E-state index is -1.08. The van der Waals surface area contributed by atoms with Crippen LogP contribution < -0.4 is 5.32 Å². The first kappa shape index (κ1) is 13.1. The molecule has 2 N–H and O–H groups in total. The van der Waals surface area contributed by atoms with Crippen LogP contribution in [0, 0.1) is 11.3 Å². The van der Waals surface area contributed by atoms with Crippen LogP contribution in [0.25, 0.3) is 0 Å². The molecular formula is C13H8BrN3O2. The maximum absolute atomic E-state index is 10.8. The minimum Gasteiger partial charge on any atom is -0.477 e. The fourth-order valence-electron chi connectivity index (χ4n) is 1.47. The average molecular weight is 318 g/mol. The Balaban J connectivity index is 2.29. The second-order valence-corrected chi connectivity index (χ2v) is 4.52. The van der Waals surface area contributed by atoms with Crippen molar-refractivity contribution in [2.75, 3.05) is 5.32 Å². The van der Waals surface area contributed by atoms with Crippen molar-refractivity contribution in [1.82, 2.24) is 4.98 Å². The third-order valence-electron chi connectivity index (χ3n) is 2.36. The van der Waals surface area contributed by atoms with Crippen molar-refractivity contribution >= 4 is 33.3 Å². The summed E-state index contributed by atoms with van der Waals surface area (Å²) >= 11 is 3.35. The van der Waals surface area contributed by atoms with Gasteiger partial charge in [0.1, 0.15) is 5.69 Å². The summed E-state index contributed by atoms with van der Waals surface area (Å²) in [6, 6.07) is 10.2. The highest BCUT2D eigenvalue weighted by molar-refractivity contribution is 9.10. The summed E-state index contributed by atoms with van der Waals surface area (Å²) in [6.45, 7) is 0. The summed E-state index contributed by atoms with van der Waals surface area (Å²) in [5.74, 6) is -1.08. The molecule has 0 saturated heterocycles. The smallest absolute Gasteiger partial charge is 0.354 e. The summed E-state index contributed by atoms with van der Waals surface area (Å²) < 4.78 is 0.722. The molecule has 5 nitrogen and oxygen atoms in total. The van der Waals surface area contributed by atoms with E-state index in [4.69, 9.17) is 10.4 Å². The van der Waals surface area contributed by atoms with Gasteiger partial charge < -0.3 is 10.4 Å². The van der Waals surface area contributed by atoms with E-state index in [0.717, 1.165) is 10.2 Å². The number of halogens is 1. The number of benzene rings is 1. The highest BCUT2D eigenvalue weighted by Gasteiger charge is 2.06. The number of rotatable bonds is 3. The summed E-state index contributed by atoms with van der Waals surface area (Å²) in [5.41, 5.74) is 1.85. The fraction of sp³-hybridized carbons (Fsp3) is 0. The molecule has 0 aliphatic heterocycles. The molecule has 0 spiro atoms. The van der Waals surface area contributed by atoms with Crippen molar-refractivity contribution in [3.8, 4) is 6.07 Å². The van der Waals surface area contributed by atoms with Crippen LogP contribution in [0.2, 0.25) is 0 Å². The maximum Gasteiger partial charge on any atom is 0.354 e. The summed E-state index contributed by atoms with van der Waals surface area (Å²) in [6.07, 6.45) is 1.42. The van der Waals surface area contributed by atoms with Gasteiger partial charge in [-0.05, 0) is 46.3 Å². The molecule has 0 aliphatic rings. The van der Waals surface area contributed by atoms with Crippen LogP contribution in [-0.2, 0) is 0 Å². The van der Waals surface area contributed by atoms with E-state index in [1.807, 2.05) is 6.07 Å². The van der Waals surface area contributed by atoms with Crippen LogP contribution in [0.15, 0.2) is 41.0 Å². The Hall–Kier alpha value is -2.39. The Kier molecular flexibility index (Phi) is 3.78. The lowest BCUT2D eigenvalue weighted by Crippen LogP contribution is -2.01. The molecule has 94 valence electrons. The molecule has 0 atom stereocenters. The quantitative estimate of drug-likeness (QED) is 0.908. The van der Waals surface area contributed by atoms with Gasteiger partial charge in [-0.3, -0.25) is 0 Å². The number of nitrogens with one attached hydrogen (secondary N) is 1. The van der Waals surface area contributed by atoms with E-state index in [0.29, 0.717) is 11.3 Å². The lowest BCUT2D eigenvalue weighted by atomic mass is 10.2. The van der Waals surface area contributed by atoms with E-state index < -0.39 is 5.97 Å². The zero-order valence-corrected chi connectivity index (χ0v) is 11.2. The Labute approximate surface area is 117 Å². The van der Waals surface area contributed by atoms with E-state index >= 15 is 0 Å². The number of hydrogen-bond acceptors (Lipinski definition) is 4. The monoisotopic (exact) mass is 317 g/mol. The van der Waals surface area contributed by atoms with Crippen molar-refractivity contribution < 1.29 is 9.90 Å². The number of nitriles is 1. The Morgan fingerprint density at radius 3 is 2.79 bits per heavy atom. The van der Waals surface area contributed by atoms with Gasteiger partial charge in [0.15, 0.2) is 0 Å². The molecule has 1 heterocycles. The van der Waals surface area contributed by atoms with Crippen LogP contribution in [-0.4, -0.2) is 16.1 Å². The van der Waals surface area contributed by atoms with E-state index in [9.17, 15) is 4.79 Å². The van der Waals surface area contributed by atoms with Crippen LogP contribution in [0.3, 0.4) is 0 Å². The van der Waals surface area contributed by atoms with Crippen molar-refractivity contribution in [3.63, 3.8) is 0 Å². The van der Waals surface area contributed by atoms with Gasteiger partial charge in [0.25, 0.3) is 0 Å². The summed E-state index contributed by atoms with van der Waals surface area (Å²) in [5, 5.41) is 20.7. The average Bonchev–Trinajstić information content (AvgIpc) is 2.41.